The van der Waals surface area contributed by atoms with Crippen LogP contribution in [0.4, 0.5) is 0 Å². The summed E-state index contributed by atoms with van der Waals surface area (Å²) >= 11 is 7.60. The Morgan fingerprint density at radius 3 is 2.42 bits per heavy atom. The van der Waals surface area contributed by atoms with Crippen molar-refractivity contribution < 1.29 is 14.3 Å². The van der Waals surface area contributed by atoms with E-state index in [2.05, 4.69) is 4.98 Å². The Morgan fingerprint density at radius 1 is 1.21 bits per heavy atom. The van der Waals surface area contributed by atoms with E-state index >= 15 is 0 Å². The number of hydrogen-bond acceptors (Lipinski definition) is 5. The van der Waals surface area contributed by atoms with Crippen molar-refractivity contribution in [2.24, 2.45) is 0 Å². The number of rotatable bonds is 8. The normalized spacial score (nSPS) is 10.8. The minimum Gasteiger partial charge on any atom is -0.383 e. The molecule has 24 heavy (non-hydrogen) atoms. The van der Waals surface area contributed by atoms with Crippen molar-refractivity contribution >= 4 is 28.8 Å². The van der Waals surface area contributed by atoms with E-state index in [9.17, 15) is 4.79 Å². The maximum Gasteiger partial charge on any atom is 0.266 e. The second kappa shape index (κ2) is 9.13. The molecule has 0 atom stereocenters. The molecule has 1 aromatic heterocycles. The molecule has 0 unspecified atom stereocenters. The first kappa shape index (κ1) is 18.9. The number of benzene rings is 1. The highest BCUT2D eigenvalue weighted by Gasteiger charge is 2.22. The molecule has 0 saturated heterocycles. The minimum atomic E-state index is -0.0580. The van der Waals surface area contributed by atoms with Crippen LogP contribution in [0.25, 0.3) is 10.6 Å². The lowest BCUT2D eigenvalue weighted by Gasteiger charge is -2.21. The zero-order valence-electron chi connectivity index (χ0n) is 14.0. The first-order valence-corrected chi connectivity index (χ1v) is 8.77. The van der Waals surface area contributed by atoms with Crippen LogP contribution in [0.1, 0.15) is 15.4 Å². The minimum absolute atomic E-state index is 0.0580. The van der Waals surface area contributed by atoms with Crippen molar-refractivity contribution in [3.8, 4) is 10.6 Å². The average molecular weight is 369 g/mol. The van der Waals surface area contributed by atoms with Crippen molar-refractivity contribution in [2.45, 2.75) is 6.92 Å². The Hall–Kier alpha value is -1.47. The SMILES string of the molecule is COCCN(CCOC)C(=O)c1sc(-c2ccccc2Cl)nc1C. The predicted octanol–water partition coefficient (Wildman–Crippen LogP) is 3.51. The van der Waals surface area contributed by atoms with Crippen LogP contribution in [0.2, 0.25) is 5.02 Å². The number of thiazole rings is 1. The number of aryl methyl sites for hydroxylation is 1. The highest BCUT2D eigenvalue weighted by atomic mass is 35.5. The van der Waals surface area contributed by atoms with Crippen LogP contribution in [-0.4, -0.2) is 56.3 Å². The quantitative estimate of drug-likeness (QED) is 0.715. The number of carbonyl (C=O) groups is 1. The molecule has 0 saturated carbocycles. The summed E-state index contributed by atoms with van der Waals surface area (Å²) in [5.74, 6) is -0.0580. The van der Waals surface area contributed by atoms with Crippen LogP contribution < -0.4 is 0 Å². The van der Waals surface area contributed by atoms with Gasteiger partial charge in [0.25, 0.3) is 5.91 Å². The fourth-order valence-corrected chi connectivity index (χ4v) is 3.56. The number of amides is 1. The summed E-state index contributed by atoms with van der Waals surface area (Å²) in [6, 6.07) is 7.50. The molecule has 0 fully saturated rings. The van der Waals surface area contributed by atoms with E-state index in [0.717, 1.165) is 10.6 Å². The summed E-state index contributed by atoms with van der Waals surface area (Å²) in [4.78, 5) is 19.7. The van der Waals surface area contributed by atoms with Crippen molar-refractivity contribution in [1.82, 2.24) is 9.88 Å². The van der Waals surface area contributed by atoms with E-state index in [0.29, 0.717) is 41.9 Å². The number of methoxy groups -OCH3 is 2. The van der Waals surface area contributed by atoms with Gasteiger partial charge in [-0.05, 0) is 13.0 Å². The van der Waals surface area contributed by atoms with Gasteiger partial charge in [0.1, 0.15) is 9.88 Å². The third-order valence-corrected chi connectivity index (χ3v) is 5.02. The number of aromatic nitrogens is 1. The van der Waals surface area contributed by atoms with E-state index in [-0.39, 0.29) is 5.91 Å². The molecule has 2 rings (SSSR count). The monoisotopic (exact) mass is 368 g/mol. The molecule has 2 aromatic rings. The molecule has 0 aliphatic rings. The van der Waals surface area contributed by atoms with Gasteiger partial charge in [0, 0.05) is 32.9 Å². The second-order valence-corrected chi connectivity index (χ2v) is 6.60. The first-order valence-electron chi connectivity index (χ1n) is 7.58. The third-order valence-electron chi connectivity index (χ3n) is 3.51. The van der Waals surface area contributed by atoms with Gasteiger partial charge in [-0.2, -0.15) is 0 Å². The summed E-state index contributed by atoms with van der Waals surface area (Å²) in [6.45, 7) is 3.82. The van der Waals surface area contributed by atoms with Crippen molar-refractivity contribution in [2.75, 3.05) is 40.5 Å². The van der Waals surface area contributed by atoms with Crippen LogP contribution in [0, 0.1) is 6.92 Å². The largest absolute Gasteiger partial charge is 0.383 e. The maximum absolute atomic E-state index is 12.9. The van der Waals surface area contributed by atoms with Crippen LogP contribution in [0.15, 0.2) is 24.3 Å². The first-order chi connectivity index (χ1) is 11.6. The molecule has 130 valence electrons. The summed E-state index contributed by atoms with van der Waals surface area (Å²) < 4.78 is 10.2. The zero-order valence-corrected chi connectivity index (χ0v) is 15.6. The molecule has 5 nitrogen and oxygen atoms in total. The number of nitrogens with zero attached hydrogens (tertiary/aromatic N) is 2. The molecule has 1 amide bonds. The van der Waals surface area contributed by atoms with Crippen LogP contribution in [0.3, 0.4) is 0 Å². The summed E-state index contributed by atoms with van der Waals surface area (Å²) in [5, 5.41) is 1.38. The Labute approximate surface area is 151 Å². The van der Waals surface area contributed by atoms with Gasteiger partial charge in [-0.3, -0.25) is 4.79 Å². The number of ether oxygens (including phenoxy) is 2. The van der Waals surface area contributed by atoms with Gasteiger partial charge in [-0.25, -0.2) is 4.98 Å². The molecule has 7 heteroatoms. The van der Waals surface area contributed by atoms with Gasteiger partial charge < -0.3 is 14.4 Å². The van der Waals surface area contributed by atoms with E-state index in [1.54, 1.807) is 19.1 Å². The third kappa shape index (κ3) is 4.54. The molecular formula is C17H21ClN2O3S. The molecule has 1 aromatic carbocycles. The van der Waals surface area contributed by atoms with Crippen molar-refractivity contribution in [3.63, 3.8) is 0 Å². The predicted molar refractivity (Wildman–Crippen MR) is 97.0 cm³/mol. The van der Waals surface area contributed by atoms with E-state index in [4.69, 9.17) is 21.1 Å². The van der Waals surface area contributed by atoms with Crippen LogP contribution in [-0.2, 0) is 9.47 Å². The summed E-state index contributed by atoms with van der Waals surface area (Å²) in [6.07, 6.45) is 0. The molecule has 0 N–H and O–H groups in total. The molecule has 0 radical (unpaired) electrons. The molecule has 0 bridgehead atoms. The molecule has 0 aliphatic heterocycles. The lowest BCUT2D eigenvalue weighted by atomic mass is 10.2. The van der Waals surface area contributed by atoms with Gasteiger partial charge >= 0.3 is 0 Å². The van der Waals surface area contributed by atoms with Gasteiger partial charge in [0.05, 0.1) is 23.9 Å². The Bertz CT molecular complexity index is 682. The highest BCUT2D eigenvalue weighted by molar-refractivity contribution is 7.17. The Balaban J connectivity index is 2.26. The number of hydrogen-bond donors (Lipinski definition) is 0. The molecule has 0 spiro atoms. The summed E-state index contributed by atoms with van der Waals surface area (Å²) in [7, 11) is 3.23. The van der Waals surface area contributed by atoms with Gasteiger partial charge in [0.2, 0.25) is 0 Å². The Morgan fingerprint density at radius 2 is 1.83 bits per heavy atom. The van der Waals surface area contributed by atoms with Gasteiger partial charge in [-0.15, -0.1) is 11.3 Å². The van der Waals surface area contributed by atoms with Gasteiger partial charge in [-0.1, -0.05) is 29.8 Å². The second-order valence-electron chi connectivity index (χ2n) is 5.19. The fourth-order valence-electron chi connectivity index (χ4n) is 2.21. The van der Waals surface area contributed by atoms with Gasteiger partial charge in [0.15, 0.2) is 0 Å². The molecular weight excluding hydrogens is 348 g/mol. The standard InChI is InChI=1S/C17H21ClN2O3S/c1-12-15(17(21)20(8-10-22-2)9-11-23-3)24-16(19-12)13-6-4-5-7-14(13)18/h4-7H,8-11H2,1-3H3. The van der Waals surface area contributed by atoms with Crippen LogP contribution >= 0.6 is 22.9 Å². The van der Waals surface area contributed by atoms with Crippen LogP contribution in [0.5, 0.6) is 0 Å². The molecule has 1 heterocycles. The topological polar surface area (TPSA) is 51.7 Å². The highest BCUT2D eigenvalue weighted by Crippen LogP contribution is 2.33. The lowest BCUT2D eigenvalue weighted by molar-refractivity contribution is 0.0631. The molecule has 0 aliphatic carbocycles. The number of halogens is 1. The fraction of sp³-hybridized carbons (Fsp3) is 0.412. The zero-order chi connectivity index (χ0) is 17.5. The smallest absolute Gasteiger partial charge is 0.266 e. The maximum atomic E-state index is 12.9. The number of carbonyl (C=O) groups excluding carboxylic acids is 1. The van der Waals surface area contributed by atoms with E-state index in [1.807, 2.05) is 31.2 Å². The summed E-state index contributed by atoms with van der Waals surface area (Å²) in [5.41, 5.74) is 1.55. The Kier molecular flexibility index (Phi) is 7.17. The van der Waals surface area contributed by atoms with E-state index in [1.165, 1.54) is 11.3 Å². The van der Waals surface area contributed by atoms with E-state index < -0.39 is 0 Å². The van der Waals surface area contributed by atoms with Crippen molar-refractivity contribution in [1.29, 1.82) is 0 Å². The average Bonchev–Trinajstić information content (AvgIpc) is 2.96. The lowest BCUT2D eigenvalue weighted by Crippen LogP contribution is -2.36. The van der Waals surface area contributed by atoms with Crippen molar-refractivity contribution in [3.05, 3.63) is 39.9 Å².